The van der Waals surface area contributed by atoms with E-state index in [0.717, 1.165) is 18.4 Å². The molecular formula is C16H16F2N2. The van der Waals surface area contributed by atoms with Gasteiger partial charge >= 0.3 is 0 Å². The predicted molar refractivity (Wildman–Crippen MR) is 73.8 cm³/mol. The van der Waals surface area contributed by atoms with E-state index in [9.17, 15) is 8.78 Å². The van der Waals surface area contributed by atoms with E-state index in [1.165, 1.54) is 18.2 Å². The molecule has 0 bridgehead atoms. The fraction of sp³-hybridized carbons (Fsp3) is 0.250. The van der Waals surface area contributed by atoms with Crippen molar-refractivity contribution in [3.05, 3.63) is 71.3 Å². The van der Waals surface area contributed by atoms with Crippen molar-refractivity contribution in [2.24, 2.45) is 5.84 Å². The molecule has 2 aromatic carbocycles. The van der Waals surface area contributed by atoms with Crippen LogP contribution in [-0.2, 0) is 5.41 Å². The highest BCUT2D eigenvalue weighted by Gasteiger charge is 2.52. The first-order valence-corrected chi connectivity index (χ1v) is 6.64. The molecule has 4 heteroatoms. The molecule has 104 valence electrons. The molecular weight excluding hydrogens is 258 g/mol. The van der Waals surface area contributed by atoms with Crippen molar-refractivity contribution in [3.8, 4) is 0 Å². The van der Waals surface area contributed by atoms with Gasteiger partial charge in [0, 0.05) is 11.0 Å². The first kappa shape index (κ1) is 13.2. The molecule has 1 atom stereocenters. The Bertz CT molecular complexity index is 589. The van der Waals surface area contributed by atoms with Crippen LogP contribution in [0.5, 0.6) is 0 Å². The van der Waals surface area contributed by atoms with Crippen LogP contribution in [0.1, 0.15) is 30.0 Å². The summed E-state index contributed by atoms with van der Waals surface area (Å²) in [6.07, 6.45) is 1.72. The van der Waals surface area contributed by atoms with Gasteiger partial charge in [-0.05, 0) is 30.5 Å². The van der Waals surface area contributed by atoms with Crippen LogP contribution in [0.15, 0.2) is 48.5 Å². The second kappa shape index (κ2) is 4.96. The van der Waals surface area contributed by atoms with Crippen LogP contribution in [0.3, 0.4) is 0 Å². The third-order valence-corrected chi connectivity index (χ3v) is 4.15. The molecule has 0 saturated heterocycles. The van der Waals surface area contributed by atoms with Gasteiger partial charge in [0.25, 0.3) is 0 Å². The SMILES string of the molecule is NNC(c1c(F)cccc1F)C1(c2ccccc2)CC1. The van der Waals surface area contributed by atoms with Crippen LogP contribution >= 0.6 is 0 Å². The average Bonchev–Trinajstić information content (AvgIpc) is 3.25. The summed E-state index contributed by atoms with van der Waals surface area (Å²) in [5.74, 6) is 4.50. The minimum Gasteiger partial charge on any atom is -0.271 e. The van der Waals surface area contributed by atoms with E-state index < -0.39 is 17.7 Å². The van der Waals surface area contributed by atoms with E-state index in [1.54, 1.807) is 0 Å². The Morgan fingerprint density at radius 3 is 2.05 bits per heavy atom. The topological polar surface area (TPSA) is 38.0 Å². The molecule has 0 heterocycles. The highest BCUT2D eigenvalue weighted by atomic mass is 19.1. The van der Waals surface area contributed by atoms with E-state index in [-0.39, 0.29) is 11.0 Å². The van der Waals surface area contributed by atoms with Gasteiger partial charge in [-0.25, -0.2) is 8.78 Å². The normalized spacial score (nSPS) is 17.8. The summed E-state index contributed by atoms with van der Waals surface area (Å²) >= 11 is 0. The molecule has 1 aliphatic rings. The summed E-state index contributed by atoms with van der Waals surface area (Å²) in [5, 5.41) is 0. The van der Waals surface area contributed by atoms with E-state index in [4.69, 9.17) is 5.84 Å². The quantitative estimate of drug-likeness (QED) is 0.663. The number of hydrogen-bond acceptors (Lipinski definition) is 2. The van der Waals surface area contributed by atoms with Gasteiger partial charge in [-0.3, -0.25) is 11.3 Å². The number of hydrogen-bond donors (Lipinski definition) is 2. The van der Waals surface area contributed by atoms with Crippen molar-refractivity contribution in [3.63, 3.8) is 0 Å². The largest absolute Gasteiger partial charge is 0.271 e. The Labute approximate surface area is 116 Å². The van der Waals surface area contributed by atoms with Crippen molar-refractivity contribution < 1.29 is 8.78 Å². The maximum absolute atomic E-state index is 14.0. The lowest BCUT2D eigenvalue weighted by Gasteiger charge is -2.28. The summed E-state index contributed by atoms with van der Waals surface area (Å²) in [7, 11) is 0. The van der Waals surface area contributed by atoms with Crippen LogP contribution in [-0.4, -0.2) is 0 Å². The summed E-state index contributed by atoms with van der Waals surface area (Å²) in [6.45, 7) is 0. The molecule has 1 saturated carbocycles. The second-order valence-electron chi connectivity index (χ2n) is 5.26. The summed E-state index contributed by atoms with van der Waals surface area (Å²) in [5.41, 5.74) is 3.39. The molecule has 1 aliphatic carbocycles. The van der Waals surface area contributed by atoms with Crippen LogP contribution in [0.25, 0.3) is 0 Å². The Morgan fingerprint density at radius 1 is 0.950 bits per heavy atom. The van der Waals surface area contributed by atoms with Crippen LogP contribution < -0.4 is 11.3 Å². The minimum absolute atomic E-state index is 0.0244. The molecule has 0 aromatic heterocycles. The summed E-state index contributed by atoms with van der Waals surface area (Å²) in [4.78, 5) is 0. The molecule has 1 unspecified atom stereocenters. The van der Waals surface area contributed by atoms with Crippen molar-refractivity contribution in [2.45, 2.75) is 24.3 Å². The zero-order valence-electron chi connectivity index (χ0n) is 10.9. The summed E-state index contributed by atoms with van der Waals surface area (Å²) < 4.78 is 28.1. The van der Waals surface area contributed by atoms with Gasteiger partial charge in [0.1, 0.15) is 11.6 Å². The van der Waals surface area contributed by atoms with Gasteiger partial charge < -0.3 is 0 Å². The molecule has 2 aromatic rings. The molecule has 2 nitrogen and oxygen atoms in total. The number of nitrogens with one attached hydrogen (secondary N) is 1. The lowest BCUT2D eigenvalue weighted by Crippen LogP contribution is -2.38. The first-order valence-electron chi connectivity index (χ1n) is 6.64. The van der Waals surface area contributed by atoms with Crippen molar-refractivity contribution in [2.75, 3.05) is 0 Å². The van der Waals surface area contributed by atoms with Gasteiger partial charge in [0.15, 0.2) is 0 Å². The highest BCUT2D eigenvalue weighted by molar-refractivity contribution is 5.39. The molecule has 3 N–H and O–H groups in total. The minimum atomic E-state index is -0.564. The monoisotopic (exact) mass is 274 g/mol. The second-order valence-corrected chi connectivity index (χ2v) is 5.26. The number of nitrogens with two attached hydrogens (primary N) is 1. The molecule has 0 amide bonds. The van der Waals surface area contributed by atoms with E-state index in [2.05, 4.69) is 5.43 Å². The lowest BCUT2D eigenvalue weighted by atomic mass is 9.84. The Balaban J connectivity index is 2.07. The number of rotatable bonds is 4. The van der Waals surface area contributed by atoms with Crippen molar-refractivity contribution in [1.29, 1.82) is 0 Å². The first-order chi connectivity index (χ1) is 9.69. The standard InChI is InChI=1S/C16H16F2N2/c17-12-7-4-8-13(18)14(12)15(20-19)16(9-10-16)11-5-2-1-3-6-11/h1-8,15,20H,9-10,19H2. The molecule has 3 rings (SSSR count). The Kier molecular flexibility index (Phi) is 3.28. The van der Waals surface area contributed by atoms with Crippen molar-refractivity contribution in [1.82, 2.24) is 5.43 Å². The third kappa shape index (κ3) is 2.01. The Hall–Kier alpha value is -1.78. The van der Waals surface area contributed by atoms with E-state index in [0.29, 0.717) is 0 Å². The summed E-state index contributed by atoms with van der Waals surface area (Å²) in [6, 6.07) is 13.1. The van der Waals surface area contributed by atoms with Gasteiger partial charge in [-0.15, -0.1) is 0 Å². The van der Waals surface area contributed by atoms with E-state index in [1.807, 2.05) is 30.3 Å². The molecule has 20 heavy (non-hydrogen) atoms. The van der Waals surface area contributed by atoms with E-state index >= 15 is 0 Å². The molecule has 0 radical (unpaired) electrons. The maximum atomic E-state index is 14.0. The van der Waals surface area contributed by atoms with Crippen molar-refractivity contribution >= 4 is 0 Å². The van der Waals surface area contributed by atoms with Gasteiger partial charge in [0.2, 0.25) is 0 Å². The molecule has 1 fully saturated rings. The fourth-order valence-corrected chi connectivity index (χ4v) is 2.95. The smallest absolute Gasteiger partial charge is 0.131 e. The lowest BCUT2D eigenvalue weighted by molar-refractivity contribution is 0.400. The van der Waals surface area contributed by atoms with Gasteiger partial charge in [0.05, 0.1) is 6.04 Å². The molecule has 0 aliphatic heterocycles. The maximum Gasteiger partial charge on any atom is 0.131 e. The number of hydrazine groups is 1. The van der Waals surface area contributed by atoms with Crippen LogP contribution in [0.4, 0.5) is 8.78 Å². The van der Waals surface area contributed by atoms with Gasteiger partial charge in [-0.1, -0.05) is 36.4 Å². The van der Waals surface area contributed by atoms with Crippen LogP contribution in [0, 0.1) is 11.6 Å². The zero-order chi connectivity index (χ0) is 14.2. The predicted octanol–water partition coefficient (Wildman–Crippen LogP) is 3.20. The average molecular weight is 274 g/mol. The number of benzene rings is 2. The third-order valence-electron chi connectivity index (χ3n) is 4.15. The van der Waals surface area contributed by atoms with Gasteiger partial charge in [-0.2, -0.15) is 0 Å². The number of halogens is 2. The van der Waals surface area contributed by atoms with Crippen LogP contribution in [0.2, 0.25) is 0 Å². The fourth-order valence-electron chi connectivity index (χ4n) is 2.95. The molecule has 0 spiro atoms. The Morgan fingerprint density at radius 2 is 1.55 bits per heavy atom. The highest BCUT2D eigenvalue weighted by Crippen LogP contribution is 2.56. The zero-order valence-corrected chi connectivity index (χ0v) is 10.9.